The molecule has 2 aromatic carbocycles. The van der Waals surface area contributed by atoms with Crippen molar-refractivity contribution in [1.29, 1.82) is 0 Å². The van der Waals surface area contributed by atoms with Crippen molar-refractivity contribution in [2.24, 2.45) is 0 Å². The molecule has 0 aliphatic rings. The Morgan fingerprint density at radius 3 is 2.45 bits per heavy atom. The van der Waals surface area contributed by atoms with Gasteiger partial charge in [0.05, 0.1) is 5.56 Å². The van der Waals surface area contributed by atoms with Crippen LogP contribution in [0.2, 0.25) is 0 Å². The van der Waals surface area contributed by atoms with Gasteiger partial charge in [-0.2, -0.15) is 0 Å². The lowest BCUT2D eigenvalue weighted by molar-refractivity contribution is 0.104. The van der Waals surface area contributed by atoms with E-state index in [1.165, 1.54) is 36.4 Å². The molecule has 0 saturated heterocycles. The first-order chi connectivity index (χ1) is 9.47. The zero-order valence-corrected chi connectivity index (χ0v) is 10.9. The molecular weight excluding hydrogens is 256 g/mol. The van der Waals surface area contributed by atoms with Crippen molar-refractivity contribution in [1.82, 2.24) is 0 Å². The van der Waals surface area contributed by atoms with Crippen LogP contribution in [0.4, 0.5) is 0 Å². The van der Waals surface area contributed by atoms with Gasteiger partial charge in [-0.15, -0.1) is 0 Å². The minimum Gasteiger partial charge on any atom is -0.508 e. The van der Waals surface area contributed by atoms with Crippen molar-refractivity contribution in [2.75, 3.05) is 0 Å². The molecule has 0 amide bonds. The largest absolute Gasteiger partial charge is 0.508 e. The van der Waals surface area contributed by atoms with Crippen LogP contribution < -0.4 is 0 Å². The standard InChI is InChI=1S/C16H14O4/c1-10-2-6-14(18)13(8-10)15(19)7-4-11-3-5-12(17)9-16(11)20/h2-9,17-18,20H,1H3. The summed E-state index contributed by atoms with van der Waals surface area (Å²) in [4.78, 5) is 12.0. The minimum absolute atomic E-state index is 0.0534. The Morgan fingerprint density at radius 1 is 1.00 bits per heavy atom. The van der Waals surface area contributed by atoms with Crippen molar-refractivity contribution >= 4 is 11.9 Å². The highest BCUT2D eigenvalue weighted by Crippen LogP contribution is 2.24. The first-order valence-corrected chi connectivity index (χ1v) is 6.01. The molecule has 0 radical (unpaired) electrons. The second-order valence-electron chi connectivity index (χ2n) is 4.46. The number of benzene rings is 2. The molecule has 102 valence electrons. The Kier molecular flexibility index (Phi) is 3.75. The van der Waals surface area contributed by atoms with Crippen molar-refractivity contribution in [3.05, 3.63) is 59.2 Å². The Labute approximate surface area is 116 Å². The third kappa shape index (κ3) is 2.98. The smallest absolute Gasteiger partial charge is 0.189 e. The molecule has 0 aliphatic carbocycles. The molecule has 0 fully saturated rings. The number of carbonyl (C=O) groups is 1. The lowest BCUT2D eigenvalue weighted by atomic mass is 10.1. The highest BCUT2D eigenvalue weighted by atomic mass is 16.3. The molecule has 2 aromatic rings. The molecule has 0 aliphatic heterocycles. The van der Waals surface area contributed by atoms with Crippen molar-refractivity contribution in [3.8, 4) is 17.2 Å². The topological polar surface area (TPSA) is 77.8 Å². The average Bonchev–Trinajstić information content (AvgIpc) is 2.40. The van der Waals surface area contributed by atoms with Crippen LogP contribution in [-0.4, -0.2) is 21.1 Å². The van der Waals surface area contributed by atoms with Crippen LogP contribution in [0.1, 0.15) is 21.5 Å². The lowest BCUT2D eigenvalue weighted by Crippen LogP contribution is -1.95. The SMILES string of the molecule is Cc1ccc(O)c(C(=O)C=Cc2ccc(O)cc2O)c1. The molecule has 0 aromatic heterocycles. The Bertz CT molecular complexity index is 687. The molecule has 0 unspecified atom stereocenters. The van der Waals surface area contributed by atoms with Crippen LogP contribution in [0.3, 0.4) is 0 Å². The van der Waals surface area contributed by atoms with E-state index in [2.05, 4.69) is 0 Å². The van der Waals surface area contributed by atoms with E-state index in [1.54, 1.807) is 12.1 Å². The van der Waals surface area contributed by atoms with Gasteiger partial charge in [0.1, 0.15) is 17.2 Å². The summed E-state index contributed by atoms with van der Waals surface area (Å²) in [6, 6.07) is 8.86. The number of hydrogen-bond acceptors (Lipinski definition) is 4. The van der Waals surface area contributed by atoms with E-state index in [9.17, 15) is 20.1 Å². The lowest BCUT2D eigenvalue weighted by Gasteiger charge is -2.02. The quantitative estimate of drug-likeness (QED) is 0.592. The summed E-state index contributed by atoms with van der Waals surface area (Å²) in [6.45, 7) is 1.83. The van der Waals surface area contributed by atoms with Gasteiger partial charge in [0.15, 0.2) is 5.78 Å². The molecule has 3 N–H and O–H groups in total. The average molecular weight is 270 g/mol. The first kappa shape index (κ1) is 13.7. The van der Waals surface area contributed by atoms with Crippen LogP contribution >= 0.6 is 0 Å². The minimum atomic E-state index is -0.362. The third-order valence-electron chi connectivity index (χ3n) is 2.85. The summed E-state index contributed by atoms with van der Waals surface area (Å²) in [7, 11) is 0. The summed E-state index contributed by atoms with van der Waals surface area (Å²) < 4.78 is 0. The van der Waals surface area contributed by atoms with Crippen molar-refractivity contribution in [2.45, 2.75) is 6.92 Å². The fourth-order valence-corrected chi connectivity index (χ4v) is 1.78. The van der Waals surface area contributed by atoms with Crippen molar-refractivity contribution in [3.63, 3.8) is 0 Å². The summed E-state index contributed by atoms with van der Waals surface area (Å²) in [5, 5.41) is 28.4. The Balaban J connectivity index is 2.27. The van der Waals surface area contributed by atoms with Crippen molar-refractivity contribution < 1.29 is 20.1 Å². The molecule has 20 heavy (non-hydrogen) atoms. The predicted molar refractivity (Wildman–Crippen MR) is 76.0 cm³/mol. The maximum atomic E-state index is 12.0. The Hall–Kier alpha value is -2.75. The normalized spacial score (nSPS) is 10.8. The number of ketones is 1. The number of aromatic hydroxyl groups is 3. The zero-order valence-electron chi connectivity index (χ0n) is 10.9. The first-order valence-electron chi connectivity index (χ1n) is 6.01. The molecule has 0 saturated carbocycles. The molecule has 0 heterocycles. The van der Waals surface area contributed by atoms with Gasteiger partial charge in [-0.05, 0) is 43.3 Å². The van der Waals surface area contributed by atoms with E-state index in [0.29, 0.717) is 5.56 Å². The van der Waals surface area contributed by atoms with E-state index in [4.69, 9.17) is 0 Å². The summed E-state index contributed by atoms with van der Waals surface area (Å²) in [5.74, 6) is -0.622. The zero-order chi connectivity index (χ0) is 14.7. The highest BCUT2D eigenvalue weighted by molar-refractivity contribution is 6.08. The van der Waals surface area contributed by atoms with Crippen LogP contribution in [0.5, 0.6) is 17.2 Å². The molecular formula is C16H14O4. The summed E-state index contributed by atoms with van der Waals surface area (Å²) in [5.41, 5.74) is 1.48. The summed E-state index contributed by atoms with van der Waals surface area (Å²) in [6.07, 6.45) is 2.69. The van der Waals surface area contributed by atoms with Gasteiger partial charge >= 0.3 is 0 Å². The molecule has 0 atom stereocenters. The van der Waals surface area contributed by atoms with Gasteiger partial charge in [0, 0.05) is 11.6 Å². The van der Waals surface area contributed by atoms with Crippen LogP contribution in [0.15, 0.2) is 42.5 Å². The van der Waals surface area contributed by atoms with Crippen LogP contribution in [-0.2, 0) is 0 Å². The van der Waals surface area contributed by atoms with Gasteiger partial charge in [-0.3, -0.25) is 4.79 Å². The van der Waals surface area contributed by atoms with E-state index < -0.39 is 0 Å². The molecule has 2 rings (SSSR count). The molecule has 0 spiro atoms. The fraction of sp³-hybridized carbons (Fsp3) is 0.0625. The monoisotopic (exact) mass is 270 g/mol. The van der Waals surface area contributed by atoms with E-state index in [1.807, 2.05) is 6.92 Å². The number of phenols is 3. The van der Waals surface area contributed by atoms with E-state index in [0.717, 1.165) is 5.56 Å². The van der Waals surface area contributed by atoms with E-state index >= 15 is 0 Å². The van der Waals surface area contributed by atoms with Gasteiger partial charge in [0.25, 0.3) is 0 Å². The summed E-state index contributed by atoms with van der Waals surface area (Å²) >= 11 is 0. The second kappa shape index (κ2) is 5.48. The molecule has 4 heteroatoms. The van der Waals surface area contributed by atoms with Gasteiger partial charge in [0.2, 0.25) is 0 Å². The fourth-order valence-electron chi connectivity index (χ4n) is 1.78. The van der Waals surface area contributed by atoms with E-state index in [-0.39, 0.29) is 28.6 Å². The number of phenolic OH excluding ortho intramolecular Hbond substituents is 3. The molecule has 0 bridgehead atoms. The number of allylic oxidation sites excluding steroid dienone is 1. The second-order valence-corrected chi connectivity index (χ2v) is 4.46. The third-order valence-corrected chi connectivity index (χ3v) is 2.85. The number of rotatable bonds is 3. The van der Waals surface area contributed by atoms with Crippen LogP contribution in [0.25, 0.3) is 6.08 Å². The predicted octanol–water partition coefficient (Wildman–Crippen LogP) is 3.01. The van der Waals surface area contributed by atoms with Crippen LogP contribution in [0, 0.1) is 6.92 Å². The van der Waals surface area contributed by atoms with Gasteiger partial charge < -0.3 is 15.3 Å². The van der Waals surface area contributed by atoms with Gasteiger partial charge in [-0.1, -0.05) is 11.6 Å². The Morgan fingerprint density at radius 2 is 1.75 bits per heavy atom. The highest BCUT2D eigenvalue weighted by Gasteiger charge is 2.08. The maximum Gasteiger partial charge on any atom is 0.189 e. The number of carbonyl (C=O) groups excluding carboxylic acids is 1. The van der Waals surface area contributed by atoms with Gasteiger partial charge in [-0.25, -0.2) is 0 Å². The number of aryl methyl sites for hydroxylation is 1. The maximum absolute atomic E-state index is 12.0. The molecule has 4 nitrogen and oxygen atoms in total. The number of hydrogen-bond donors (Lipinski definition) is 3.